The number of rotatable bonds is 5. The molecule has 7 heteroatoms. The molecule has 3 aromatic rings. The fourth-order valence-corrected chi connectivity index (χ4v) is 3.42. The number of esters is 2. The summed E-state index contributed by atoms with van der Waals surface area (Å²) >= 11 is 0. The Bertz CT molecular complexity index is 1080. The summed E-state index contributed by atoms with van der Waals surface area (Å²) < 4.78 is 11.2. The highest BCUT2D eigenvalue weighted by molar-refractivity contribution is 6.07. The van der Waals surface area contributed by atoms with Crippen molar-refractivity contribution in [1.82, 2.24) is 9.78 Å². The van der Waals surface area contributed by atoms with Gasteiger partial charge in [-0.05, 0) is 42.5 Å². The fourth-order valence-electron chi connectivity index (χ4n) is 3.42. The van der Waals surface area contributed by atoms with Crippen molar-refractivity contribution in [2.45, 2.75) is 18.8 Å². The fraction of sp³-hybridized carbons (Fsp3) is 0.227. The van der Waals surface area contributed by atoms with Gasteiger partial charge in [0.15, 0.2) is 5.69 Å². The number of hydrogen-bond acceptors (Lipinski definition) is 6. The number of para-hydroxylation sites is 2. The van der Waals surface area contributed by atoms with Crippen LogP contribution in [0.5, 0.6) is 5.75 Å². The number of methoxy groups -OCH3 is 2. The van der Waals surface area contributed by atoms with Gasteiger partial charge in [0, 0.05) is 5.56 Å². The number of aromatic nitrogens is 2. The van der Waals surface area contributed by atoms with E-state index >= 15 is 0 Å². The van der Waals surface area contributed by atoms with Crippen LogP contribution in [0.4, 0.5) is 0 Å². The van der Waals surface area contributed by atoms with Gasteiger partial charge in [0.2, 0.25) is 0 Å². The highest BCUT2D eigenvalue weighted by Gasteiger charge is 2.34. The zero-order chi connectivity index (χ0) is 20.5. The van der Waals surface area contributed by atoms with E-state index in [9.17, 15) is 14.7 Å². The van der Waals surface area contributed by atoms with Gasteiger partial charge in [-0.2, -0.15) is 5.10 Å². The second-order valence-electron chi connectivity index (χ2n) is 6.82. The van der Waals surface area contributed by atoms with Gasteiger partial charge in [-0.15, -0.1) is 0 Å². The summed E-state index contributed by atoms with van der Waals surface area (Å²) in [6.45, 7) is 0. The highest BCUT2D eigenvalue weighted by atomic mass is 16.5. The molecule has 0 amide bonds. The van der Waals surface area contributed by atoms with Crippen molar-refractivity contribution < 1.29 is 24.2 Å². The number of phenolic OH excluding ortho intramolecular Hbond substituents is 1. The van der Waals surface area contributed by atoms with Crippen LogP contribution in [0.15, 0.2) is 48.5 Å². The second kappa shape index (κ2) is 7.43. The minimum absolute atomic E-state index is 0.0496. The van der Waals surface area contributed by atoms with Gasteiger partial charge < -0.3 is 14.6 Å². The molecule has 1 saturated carbocycles. The average molecular weight is 392 g/mol. The lowest BCUT2D eigenvalue weighted by Crippen LogP contribution is -2.15. The standard InChI is InChI=1S/C22H20N2O5/c1-28-21(26)17-18(16-10-6-9-15(20(16)25)13-11-12-13)23-24(19(17)22(27)29-2)14-7-4-3-5-8-14/h3-10,13,25H,11-12H2,1-2H3. The lowest BCUT2D eigenvalue weighted by molar-refractivity contribution is 0.0549. The van der Waals surface area contributed by atoms with E-state index in [2.05, 4.69) is 5.10 Å². The lowest BCUT2D eigenvalue weighted by Gasteiger charge is -2.09. The van der Waals surface area contributed by atoms with E-state index in [0.717, 1.165) is 18.4 Å². The SMILES string of the molecule is COC(=O)c1c(-c2cccc(C3CC3)c2O)nn(-c2ccccc2)c1C(=O)OC. The molecule has 0 unspecified atom stereocenters. The Morgan fingerprint density at radius 2 is 1.69 bits per heavy atom. The van der Waals surface area contributed by atoms with E-state index in [1.807, 2.05) is 18.2 Å². The summed E-state index contributed by atoms with van der Waals surface area (Å²) in [6, 6.07) is 14.3. The Balaban J connectivity index is 2.02. The molecule has 1 aliphatic rings. The Kier molecular flexibility index (Phi) is 4.80. The largest absolute Gasteiger partial charge is 0.507 e. The summed E-state index contributed by atoms with van der Waals surface area (Å²) in [5.74, 6) is -1.10. The van der Waals surface area contributed by atoms with Crippen LogP contribution in [-0.2, 0) is 9.47 Å². The van der Waals surface area contributed by atoms with E-state index in [-0.39, 0.29) is 22.7 Å². The van der Waals surface area contributed by atoms with E-state index < -0.39 is 11.9 Å². The van der Waals surface area contributed by atoms with Gasteiger partial charge in [-0.25, -0.2) is 14.3 Å². The Morgan fingerprint density at radius 1 is 1.00 bits per heavy atom. The average Bonchev–Trinajstić information content (AvgIpc) is 3.52. The number of benzene rings is 2. The van der Waals surface area contributed by atoms with Gasteiger partial charge in [-0.3, -0.25) is 0 Å². The maximum atomic E-state index is 12.7. The molecule has 7 nitrogen and oxygen atoms in total. The zero-order valence-electron chi connectivity index (χ0n) is 16.1. The van der Waals surface area contributed by atoms with E-state index in [1.165, 1.54) is 18.9 Å². The molecule has 1 N–H and O–H groups in total. The molecule has 1 aromatic heterocycles. The molecular formula is C22H20N2O5. The summed E-state index contributed by atoms with van der Waals surface area (Å²) in [6.07, 6.45) is 2.01. The summed E-state index contributed by atoms with van der Waals surface area (Å²) in [5, 5.41) is 15.4. The van der Waals surface area contributed by atoms with Crippen molar-refractivity contribution in [2.75, 3.05) is 14.2 Å². The van der Waals surface area contributed by atoms with Crippen LogP contribution in [0.1, 0.15) is 45.2 Å². The number of aromatic hydroxyl groups is 1. The van der Waals surface area contributed by atoms with Gasteiger partial charge in [0.1, 0.15) is 17.0 Å². The Hall–Kier alpha value is -3.61. The summed E-state index contributed by atoms with van der Waals surface area (Å²) in [4.78, 5) is 25.3. The van der Waals surface area contributed by atoms with E-state index in [4.69, 9.17) is 9.47 Å². The van der Waals surface area contributed by atoms with Crippen molar-refractivity contribution >= 4 is 11.9 Å². The van der Waals surface area contributed by atoms with Crippen LogP contribution in [0.25, 0.3) is 16.9 Å². The van der Waals surface area contributed by atoms with E-state index in [1.54, 1.807) is 30.3 Å². The van der Waals surface area contributed by atoms with Crippen molar-refractivity contribution in [3.8, 4) is 22.7 Å². The molecule has 0 saturated heterocycles. The van der Waals surface area contributed by atoms with Crippen LogP contribution in [0, 0.1) is 0 Å². The number of phenols is 1. The molecule has 0 radical (unpaired) electrons. The quantitative estimate of drug-likeness (QED) is 0.666. The van der Waals surface area contributed by atoms with Gasteiger partial charge in [-0.1, -0.05) is 30.3 Å². The smallest absolute Gasteiger partial charge is 0.357 e. The van der Waals surface area contributed by atoms with Crippen LogP contribution in [0.2, 0.25) is 0 Å². The van der Waals surface area contributed by atoms with Crippen LogP contribution in [-0.4, -0.2) is 41.0 Å². The molecule has 1 fully saturated rings. The number of hydrogen-bond donors (Lipinski definition) is 1. The third-order valence-corrected chi connectivity index (χ3v) is 4.99. The number of nitrogens with zero attached hydrogens (tertiary/aromatic N) is 2. The normalized spacial score (nSPS) is 13.2. The first-order chi connectivity index (χ1) is 14.1. The first-order valence-corrected chi connectivity index (χ1v) is 9.24. The Labute approximate surface area is 167 Å². The van der Waals surface area contributed by atoms with Gasteiger partial charge in [0.25, 0.3) is 0 Å². The molecule has 0 spiro atoms. The topological polar surface area (TPSA) is 90.6 Å². The monoisotopic (exact) mass is 392 g/mol. The third-order valence-electron chi connectivity index (χ3n) is 4.99. The molecule has 1 aliphatic carbocycles. The molecule has 4 rings (SSSR count). The van der Waals surface area contributed by atoms with Crippen LogP contribution >= 0.6 is 0 Å². The molecule has 0 aliphatic heterocycles. The number of carbonyl (C=O) groups is 2. The first kappa shape index (κ1) is 18.7. The Morgan fingerprint density at radius 3 is 2.31 bits per heavy atom. The summed E-state index contributed by atoms with van der Waals surface area (Å²) in [5.41, 5.74) is 1.81. The lowest BCUT2D eigenvalue weighted by atomic mass is 9.99. The van der Waals surface area contributed by atoms with Crippen molar-refractivity contribution in [3.63, 3.8) is 0 Å². The number of carbonyl (C=O) groups excluding carboxylic acids is 2. The molecule has 0 bridgehead atoms. The van der Waals surface area contributed by atoms with E-state index in [0.29, 0.717) is 17.2 Å². The molecule has 148 valence electrons. The maximum Gasteiger partial charge on any atom is 0.357 e. The zero-order valence-corrected chi connectivity index (χ0v) is 16.1. The number of ether oxygens (including phenoxy) is 2. The first-order valence-electron chi connectivity index (χ1n) is 9.24. The predicted octanol–water partition coefficient (Wildman–Crippen LogP) is 3.70. The van der Waals surface area contributed by atoms with Crippen molar-refractivity contribution in [3.05, 3.63) is 65.4 Å². The van der Waals surface area contributed by atoms with Crippen molar-refractivity contribution in [1.29, 1.82) is 0 Å². The van der Waals surface area contributed by atoms with Crippen LogP contribution < -0.4 is 0 Å². The molecule has 0 atom stereocenters. The minimum atomic E-state index is -0.737. The molecule has 1 heterocycles. The molecular weight excluding hydrogens is 372 g/mol. The highest BCUT2D eigenvalue weighted by Crippen LogP contribution is 2.47. The maximum absolute atomic E-state index is 12.7. The predicted molar refractivity (Wildman–Crippen MR) is 105 cm³/mol. The summed E-state index contributed by atoms with van der Waals surface area (Å²) in [7, 11) is 2.46. The second-order valence-corrected chi connectivity index (χ2v) is 6.82. The van der Waals surface area contributed by atoms with Crippen LogP contribution in [0.3, 0.4) is 0 Å². The molecule has 2 aromatic carbocycles. The molecule has 29 heavy (non-hydrogen) atoms. The van der Waals surface area contributed by atoms with Gasteiger partial charge >= 0.3 is 11.9 Å². The third kappa shape index (κ3) is 3.24. The minimum Gasteiger partial charge on any atom is -0.507 e. The van der Waals surface area contributed by atoms with Gasteiger partial charge in [0.05, 0.1) is 19.9 Å². The van der Waals surface area contributed by atoms with Crippen molar-refractivity contribution in [2.24, 2.45) is 0 Å².